The van der Waals surface area contributed by atoms with Gasteiger partial charge in [0.2, 0.25) is 5.88 Å². The van der Waals surface area contributed by atoms with Gasteiger partial charge in [0.1, 0.15) is 34.9 Å². The zero-order valence-corrected chi connectivity index (χ0v) is 20.7. The Hall–Kier alpha value is -3.28. The summed E-state index contributed by atoms with van der Waals surface area (Å²) in [5, 5.41) is 4.78. The van der Waals surface area contributed by atoms with Gasteiger partial charge in [-0.15, -0.1) is 0 Å². The van der Waals surface area contributed by atoms with Crippen molar-refractivity contribution in [3.63, 3.8) is 0 Å². The Morgan fingerprint density at radius 1 is 1.17 bits per heavy atom. The van der Waals surface area contributed by atoms with Gasteiger partial charge >= 0.3 is 6.09 Å². The molecule has 3 aliphatic rings. The van der Waals surface area contributed by atoms with Gasteiger partial charge in [0.05, 0.1) is 11.1 Å². The Bertz CT molecular complexity index is 1460. The Morgan fingerprint density at radius 3 is 2.53 bits per heavy atom. The maximum atomic E-state index is 14.8. The Balaban J connectivity index is 1.22. The summed E-state index contributed by atoms with van der Waals surface area (Å²) in [6.07, 6.45) is 8.48. The number of benzene rings is 1. The molecule has 2 aliphatic heterocycles. The number of sulfone groups is 1. The van der Waals surface area contributed by atoms with Crippen molar-refractivity contribution in [3.05, 3.63) is 36.5 Å². The van der Waals surface area contributed by atoms with Gasteiger partial charge in [-0.25, -0.2) is 32.3 Å². The minimum Gasteiger partial charge on any atom is -0.474 e. The highest BCUT2D eigenvalue weighted by Crippen LogP contribution is 2.43. The van der Waals surface area contributed by atoms with E-state index in [4.69, 9.17) is 9.47 Å². The minimum absolute atomic E-state index is 0.0612. The monoisotopic (exact) mass is 515 g/mol. The van der Waals surface area contributed by atoms with Crippen LogP contribution in [0.3, 0.4) is 0 Å². The van der Waals surface area contributed by atoms with E-state index in [1.807, 2.05) is 11.8 Å². The smallest absolute Gasteiger partial charge is 0.410 e. The topological polar surface area (TPSA) is 117 Å². The third-order valence-electron chi connectivity index (χ3n) is 7.37. The van der Waals surface area contributed by atoms with Crippen molar-refractivity contribution >= 4 is 27.0 Å². The fraction of sp³-hybridized carbons (Fsp3) is 0.500. The van der Waals surface area contributed by atoms with Crippen molar-refractivity contribution in [2.24, 2.45) is 0 Å². The fourth-order valence-electron chi connectivity index (χ4n) is 5.20. The molecule has 2 unspecified atom stereocenters. The number of aromatic nitrogens is 4. The van der Waals surface area contributed by atoms with Crippen molar-refractivity contribution in [1.82, 2.24) is 24.6 Å². The van der Waals surface area contributed by atoms with Crippen LogP contribution < -0.4 is 4.74 Å². The predicted molar refractivity (Wildman–Crippen MR) is 126 cm³/mol. The number of carbonyl (C=O) groups is 1. The molecule has 190 valence electrons. The normalized spacial score (nSPS) is 24.6. The quantitative estimate of drug-likeness (QED) is 0.508. The van der Waals surface area contributed by atoms with Gasteiger partial charge in [-0.05, 0) is 50.8 Å². The van der Waals surface area contributed by atoms with Crippen molar-refractivity contribution < 1.29 is 27.1 Å². The van der Waals surface area contributed by atoms with E-state index in [2.05, 4.69) is 15.1 Å². The molecule has 0 spiro atoms. The van der Waals surface area contributed by atoms with Crippen LogP contribution in [0.5, 0.6) is 5.88 Å². The van der Waals surface area contributed by atoms with Crippen molar-refractivity contribution in [1.29, 1.82) is 0 Å². The van der Waals surface area contributed by atoms with Gasteiger partial charge < -0.3 is 14.4 Å². The summed E-state index contributed by atoms with van der Waals surface area (Å²) in [4.78, 5) is 23.1. The van der Waals surface area contributed by atoms with Crippen LogP contribution in [-0.4, -0.2) is 69.2 Å². The maximum Gasteiger partial charge on any atom is 0.410 e. The first-order valence-corrected chi connectivity index (χ1v) is 13.9. The highest BCUT2D eigenvalue weighted by molar-refractivity contribution is 7.90. The average molecular weight is 516 g/mol. The average Bonchev–Trinajstić information content (AvgIpc) is 3.26. The number of rotatable bonds is 5. The lowest BCUT2D eigenvalue weighted by Crippen LogP contribution is -2.50. The number of halogens is 1. The molecule has 0 N–H and O–H groups in total. The summed E-state index contributed by atoms with van der Waals surface area (Å²) < 4.78 is 51.6. The molecule has 2 bridgehead atoms. The second-order valence-electron chi connectivity index (χ2n) is 10.2. The number of hydrogen-bond acceptors (Lipinski definition) is 8. The van der Waals surface area contributed by atoms with E-state index in [0.717, 1.165) is 38.0 Å². The second-order valence-corrected chi connectivity index (χ2v) is 12.2. The van der Waals surface area contributed by atoms with Gasteiger partial charge in [0.25, 0.3) is 0 Å². The lowest BCUT2D eigenvalue weighted by Gasteiger charge is -2.38. The molecular formula is C24H26FN5O5S. The molecule has 1 aromatic carbocycles. The molecule has 1 aliphatic carbocycles. The summed E-state index contributed by atoms with van der Waals surface area (Å²) in [5.41, 5.74) is 0.102. The molecule has 1 saturated carbocycles. The van der Waals surface area contributed by atoms with Crippen molar-refractivity contribution in [3.8, 4) is 11.6 Å². The molecule has 12 heteroatoms. The van der Waals surface area contributed by atoms with Gasteiger partial charge in [0.15, 0.2) is 15.5 Å². The number of hydrogen-bond donors (Lipinski definition) is 0. The van der Waals surface area contributed by atoms with Crippen LogP contribution in [0.4, 0.5) is 9.18 Å². The van der Waals surface area contributed by atoms with Gasteiger partial charge in [-0.3, -0.25) is 0 Å². The summed E-state index contributed by atoms with van der Waals surface area (Å²) in [5.74, 6) is -0.398. The molecule has 3 fully saturated rings. The highest BCUT2D eigenvalue weighted by atomic mass is 32.2. The first kappa shape index (κ1) is 23.1. The van der Waals surface area contributed by atoms with Crippen LogP contribution >= 0.6 is 0 Å². The van der Waals surface area contributed by atoms with Gasteiger partial charge in [-0.1, -0.05) is 0 Å². The van der Waals surface area contributed by atoms with Crippen LogP contribution in [0, 0.1) is 5.82 Å². The van der Waals surface area contributed by atoms with E-state index in [1.54, 1.807) is 0 Å². The number of fused-ring (bicyclic) bond motifs is 3. The molecule has 0 radical (unpaired) electrons. The van der Waals surface area contributed by atoms with Crippen LogP contribution in [0.15, 0.2) is 35.6 Å². The van der Waals surface area contributed by atoms with E-state index < -0.39 is 15.7 Å². The number of ether oxygens (including phenoxy) is 2. The largest absolute Gasteiger partial charge is 0.474 e. The minimum atomic E-state index is -3.54. The number of carbonyl (C=O) groups excluding carboxylic acids is 1. The van der Waals surface area contributed by atoms with E-state index in [1.165, 1.54) is 29.3 Å². The van der Waals surface area contributed by atoms with Crippen LogP contribution in [0.25, 0.3) is 16.7 Å². The third-order valence-corrected chi connectivity index (χ3v) is 8.48. The molecule has 2 saturated heterocycles. The molecule has 2 aromatic heterocycles. The first-order chi connectivity index (χ1) is 17.1. The molecule has 4 heterocycles. The molecular weight excluding hydrogens is 489 g/mol. The number of nitrogens with zero attached hydrogens (tertiary/aromatic N) is 5. The number of amides is 1. The van der Waals surface area contributed by atoms with Gasteiger partial charge in [-0.2, -0.15) is 5.10 Å². The molecule has 3 aromatic rings. The second kappa shape index (κ2) is 8.12. The molecule has 6 rings (SSSR count). The zero-order chi connectivity index (χ0) is 25.2. The summed E-state index contributed by atoms with van der Waals surface area (Å²) in [6.45, 7) is 1.97. The van der Waals surface area contributed by atoms with Crippen molar-refractivity contribution in [2.45, 2.75) is 74.1 Å². The highest BCUT2D eigenvalue weighted by Gasteiger charge is 2.49. The van der Waals surface area contributed by atoms with Crippen LogP contribution in [0.2, 0.25) is 0 Å². The Labute approximate surface area is 207 Å². The molecule has 36 heavy (non-hydrogen) atoms. The first-order valence-electron chi connectivity index (χ1n) is 12.0. The summed E-state index contributed by atoms with van der Waals surface area (Å²) >= 11 is 0. The van der Waals surface area contributed by atoms with Crippen LogP contribution in [0.1, 0.15) is 45.4 Å². The molecule has 2 atom stereocenters. The molecule has 1 amide bonds. The summed E-state index contributed by atoms with van der Waals surface area (Å²) in [6, 6.07) is 3.78. The zero-order valence-electron chi connectivity index (χ0n) is 19.9. The van der Waals surface area contributed by atoms with E-state index in [-0.39, 0.29) is 40.5 Å². The van der Waals surface area contributed by atoms with E-state index >= 15 is 0 Å². The standard InChI is InChI=1S/C24H26FN5O5S/c1-24(7-8-24)35-23(31)29-14-3-4-15(29)10-16(9-14)34-22-18-12-28-30(21(18)26-13-27-22)20-6-5-17(11-19(20)25)36(2,32)33/h5-6,11-16H,3-4,7-10H2,1-2H3. The Kier molecular flexibility index (Phi) is 5.22. The lowest BCUT2D eigenvalue weighted by molar-refractivity contribution is 0.0119. The summed E-state index contributed by atoms with van der Waals surface area (Å²) in [7, 11) is -3.54. The number of piperidine rings is 1. The predicted octanol–water partition coefficient (Wildman–Crippen LogP) is 3.42. The van der Waals surface area contributed by atoms with Crippen molar-refractivity contribution in [2.75, 3.05) is 6.26 Å². The maximum absolute atomic E-state index is 14.8. The van der Waals surface area contributed by atoms with Gasteiger partial charge in [0, 0.05) is 31.2 Å². The third kappa shape index (κ3) is 4.06. The molecule has 10 nitrogen and oxygen atoms in total. The fourth-order valence-corrected chi connectivity index (χ4v) is 5.84. The van der Waals surface area contributed by atoms with Crippen LogP contribution in [-0.2, 0) is 14.6 Å². The lowest BCUT2D eigenvalue weighted by atomic mass is 10.0. The Morgan fingerprint density at radius 2 is 1.89 bits per heavy atom. The van der Waals surface area contributed by atoms with E-state index in [0.29, 0.717) is 29.8 Å². The SMILES string of the molecule is CC1(OC(=O)N2C3CCC2CC(Oc2ncnc4c2cnn4-c2ccc(S(C)(=O)=O)cc2F)C3)CC1. The van der Waals surface area contributed by atoms with E-state index in [9.17, 15) is 17.6 Å².